The lowest BCUT2D eigenvalue weighted by molar-refractivity contribution is 0.0241. The van der Waals surface area contributed by atoms with E-state index >= 15 is 0 Å². The van der Waals surface area contributed by atoms with Crippen molar-refractivity contribution in [3.05, 3.63) is 35.4 Å². The number of ether oxygens (including phenoxy) is 1. The van der Waals surface area contributed by atoms with Gasteiger partial charge in [0.1, 0.15) is 0 Å². The van der Waals surface area contributed by atoms with Gasteiger partial charge < -0.3 is 9.84 Å². The van der Waals surface area contributed by atoms with E-state index in [2.05, 4.69) is 13.0 Å². The molecule has 0 heterocycles. The molecule has 3 nitrogen and oxygen atoms in total. The minimum Gasteiger partial charge on any atom is -0.387 e. The van der Waals surface area contributed by atoms with Crippen LogP contribution in [0, 0.1) is 22.7 Å². The lowest BCUT2D eigenvalue weighted by atomic mass is 9.66. The summed E-state index contributed by atoms with van der Waals surface area (Å²) in [5, 5.41) is 20.5. The summed E-state index contributed by atoms with van der Waals surface area (Å²) in [5.41, 5.74) is 1.24. The molecule has 1 N–H and O–H groups in total. The SMILES string of the molecule is CCC1CCC(C#N)(C(O)c2cccc(COC)c2)CC1. The number of hydrogen-bond donors (Lipinski definition) is 1. The van der Waals surface area contributed by atoms with Gasteiger partial charge in [-0.15, -0.1) is 0 Å². The summed E-state index contributed by atoms with van der Waals surface area (Å²) in [4.78, 5) is 0. The third-order valence-corrected chi connectivity index (χ3v) is 4.90. The first kappa shape index (κ1) is 16.0. The fourth-order valence-electron chi connectivity index (χ4n) is 3.39. The molecule has 1 aromatic rings. The molecular weight excluding hydrogens is 262 g/mol. The summed E-state index contributed by atoms with van der Waals surface area (Å²) in [6.07, 6.45) is 4.12. The number of nitriles is 1. The molecule has 0 saturated heterocycles. The average molecular weight is 287 g/mol. The molecule has 0 spiro atoms. The smallest absolute Gasteiger partial charge is 0.0976 e. The van der Waals surface area contributed by atoms with Gasteiger partial charge >= 0.3 is 0 Å². The number of nitrogens with zero attached hydrogens (tertiary/aromatic N) is 1. The largest absolute Gasteiger partial charge is 0.387 e. The monoisotopic (exact) mass is 287 g/mol. The fourth-order valence-corrected chi connectivity index (χ4v) is 3.39. The summed E-state index contributed by atoms with van der Waals surface area (Å²) in [6, 6.07) is 10.2. The van der Waals surface area contributed by atoms with Crippen LogP contribution >= 0.6 is 0 Å². The molecule has 1 aliphatic rings. The molecule has 1 aliphatic carbocycles. The van der Waals surface area contributed by atoms with Crippen LogP contribution in [0.5, 0.6) is 0 Å². The van der Waals surface area contributed by atoms with Crippen molar-refractivity contribution in [2.24, 2.45) is 11.3 Å². The van der Waals surface area contributed by atoms with Gasteiger partial charge in [0.05, 0.1) is 24.2 Å². The molecule has 1 saturated carbocycles. The predicted molar refractivity (Wildman–Crippen MR) is 82.4 cm³/mol. The van der Waals surface area contributed by atoms with E-state index in [1.807, 2.05) is 24.3 Å². The Labute approximate surface area is 127 Å². The maximum absolute atomic E-state index is 10.8. The quantitative estimate of drug-likeness (QED) is 0.891. The molecule has 0 amide bonds. The molecule has 2 rings (SSSR count). The van der Waals surface area contributed by atoms with E-state index in [9.17, 15) is 10.4 Å². The van der Waals surface area contributed by atoms with Crippen LogP contribution in [-0.2, 0) is 11.3 Å². The first-order chi connectivity index (χ1) is 10.1. The van der Waals surface area contributed by atoms with Crippen LogP contribution in [0.4, 0.5) is 0 Å². The summed E-state index contributed by atoms with van der Waals surface area (Å²) >= 11 is 0. The molecule has 21 heavy (non-hydrogen) atoms. The fraction of sp³-hybridized carbons (Fsp3) is 0.611. The van der Waals surface area contributed by atoms with Crippen molar-refractivity contribution in [3.63, 3.8) is 0 Å². The molecule has 1 aromatic carbocycles. The number of aliphatic hydroxyl groups excluding tert-OH is 1. The van der Waals surface area contributed by atoms with Crippen molar-refractivity contribution in [2.75, 3.05) is 7.11 Å². The first-order valence-corrected chi connectivity index (χ1v) is 7.82. The summed E-state index contributed by atoms with van der Waals surface area (Å²) < 4.78 is 5.14. The van der Waals surface area contributed by atoms with Crippen molar-refractivity contribution in [3.8, 4) is 6.07 Å². The van der Waals surface area contributed by atoms with Gasteiger partial charge in [-0.2, -0.15) is 5.26 Å². The number of hydrogen-bond acceptors (Lipinski definition) is 3. The molecule has 3 heteroatoms. The lowest BCUT2D eigenvalue weighted by Gasteiger charge is -2.38. The van der Waals surface area contributed by atoms with Crippen LogP contribution in [0.1, 0.15) is 56.3 Å². The summed E-state index contributed by atoms with van der Waals surface area (Å²) in [5.74, 6) is 0.707. The highest BCUT2D eigenvalue weighted by atomic mass is 16.5. The Morgan fingerprint density at radius 1 is 1.43 bits per heavy atom. The van der Waals surface area contributed by atoms with Crippen molar-refractivity contribution in [1.82, 2.24) is 0 Å². The maximum atomic E-state index is 10.8. The molecule has 1 atom stereocenters. The normalized spacial score (nSPS) is 27.0. The molecule has 0 bridgehead atoms. The molecule has 1 fully saturated rings. The van der Waals surface area contributed by atoms with Gasteiger partial charge in [0, 0.05) is 7.11 Å². The van der Waals surface area contributed by atoms with Crippen molar-refractivity contribution < 1.29 is 9.84 Å². The zero-order chi connectivity index (χ0) is 15.3. The number of methoxy groups -OCH3 is 1. The van der Waals surface area contributed by atoms with E-state index in [1.54, 1.807) is 7.11 Å². The standard InChI is InChI=1S/C18H25NO2/c1-3-14-7-9-18(13-19,10-8-14)17(20)16-6-4-5-15(11-16)12-21-2/h4-6,11,14,17,20H,3,7-10,12H2,1-2H3. The van der Waals surface area contributed by atoms with Gasteiger partial charge in [0.25, 0.3) is 0 Å². The number of aliphatic hydroxyl groups is 1. The van der Waals surface area contributed by atoms with Crippen LogP contribution in [0.2, 0.25) is 0 Å². The third-order valence-electron chi connectivity index (χ3n) is 4.90. The van der Waals surface area contributed by atoms with E-state index in [0.29, 0.717) is 12.5 Å². The van der Waals surface area contributed by atoms with E-state index < -0.39 is 11.5 Å². The summed E-state index contributed by atoms with van der Waals surface area (Å²) in [7, 11) is 1.66. The van der Waals surface area contributed by atoms with Crippen LogP contribution in [-0.4, -0.2) is 12.2 Å². The predicted octanol–water partition coefficient (Wildman–Crippen LogP) is 3.98. The van der Waals surface area contributed by atoms with Crippen molar-refractivity contribution in [1.29, 1.82) is 5.26 Å². The Hall–Kier alpha value is -1.37. The van der Waals surface area contributed by atoms with Gasteiger partial charge in [-0.05, 0) is 42.7 Å². The number of benzene rings is 1. The highest BCUT2D eigenvalue weighted by Gasteiger charge is 2.42. The Balaban J connectivity index is 2.19. The minimum absolute atomic E-state index is 0.526. The van der Waals surface area contributed by atoms with Crippen molar-refractivity contribution in [2.45, 2.75) is 51.7 Å². The van der Waals surface area contributed by atoms with Gasteiger partial charge in [0.15, 0.2) is 0 Å². The Bertz CT molecular complexity index is 498. The average Bonchev–Trinajstić information content (AvgIpc) is 2.55. The van der Waals surface area contributed by atoms with E-state index in [4.69, 9.17) is 4.74 Å². The summed E-state index contributed by atoms with van der Waals surface area (Å²) in [6.45, 7) is 2.73. The first-order valence-electron chi connectivity index (χ1n) is 7.82. The zero-order valence-electron chi connectivity index (χ0n) is 13.0. The van der Waals surface area contributed by atoms with E-state index in [-0.39, 0.29) is 0 Å². The highest BCUT2D eigenvalue weighted by molar-refractivity contribution is 5.28. The van der Waals surface area contributed by atoms with E-state index in [1.165, 1.54) is 6.42 Å². The van der Waals surface area contributed by atoms with Gasteiger partial charge in [0.2, 0.25) is 0 Å². The Kier molecular flexibility index (Phi) is 5.39. The zero-order valence-corrected chi connectivity index (χ0v) is 13.0. The Morgan fingerprint density at radius 3 is 2.71 bits per heavy atom. The van der Waals surface area contributed by atoms with Crippen LogP contribution in [0.25, 0.3) is 0 Å². The molecule has 0 radical (unpaired) electrons. The van der Waals surface area contributed by atoms with Crippen molar-refractivity contribution >= 4 is 0 Å². The Morgan fingerprint density at radius 2 is 2.14 bits per heavy atom. The molecular formula is C18H25NO2. The second-order valence-corrected chi connectivity index (χ2v) is 6.20. The van der Waals surface area contributed by atoms with Crippen LogP contribution in [0.15, 0.2) is 24.3 Å². The third kappa shape index (κ3) is 3.45. The second-order valence-electron chi connectivity index (χ2n) is 6.20. The van der Waals surface area contributed by atoms with Gasteiger partial charge in [-0.3, -0.25) is 0 Å². The molecule has 114 valence electrons. The molecule has 1 unspecified atom stereocenters. The molecule has 0 aromatic heterocycles. The van der Waals surface area contributed by atoms with E-state index in [0.717, 1.165) is 36.8 Å². The van der Waals surface area contributed by atoms with Gasteiger partial charge in [-0.1, -0.05) is 37.6 Å². The lowest BCUT2D eigenvalue weighted by Crippen LogP contribution is -2.32. The minimum atomic E-state index is -0.711. The topological polar surface area (TPSA) is 53.2 Å². The number of rotatable bonds is 5. The second kappa shape index (κ2) is 7.06. The highest BCUT2D eigenvalue weighted by Crippen LogP contribution is 2.47. The van der Waals surface area contributed by atoms with Crippen LogP contribution < -0.4 is 0 Å². The maximum Gasteiger partial charge on any atom is 0.0976 e. The molecule has 0 aliphatic heterocycles. The van der Waals surface area contributed by atoms with Gasteiger partial charge in [-0.25, -0.2) is 0 Å². The van der Waals surface area contributed by atoms with Crippen LogP contribution in [0.3, 0.4) is 0 Å².